The maximum atomic E-state index is 12.6. The number of benzene rings is 2. The lowest BCUT2D eigenvalue weighted by molar-refractivity contribution is -0.111. The molecule has 0 aliphatic rings. The number of aryl methyl sites for hydroxylation is 1. The fourth-order valence-electron chi connectivity index (χ4n) is 3.69. The molecular weight excluding hydrogens is 468 g/mol. The van der Waals surface area contributed by atoms with Gasteiger partial charge in [0.25, 0.3) is 0 Å². The van der Waals surface area contributed by atoms with E-state index in [2.05, 4.69) is 32.3 Å². The molecule has 1 amide bonds. The number of allylic oxidation sites excluding steroid dienone is 1. The normalized spacial score (nSPS) is 11.6. The molecule has 0 fully saturated rings. The predicted octanol–water partition coefficient (Wildman–Crippen LogP) is 7.01. The average Bonchev–Trinajstić information content (AvgIpc) is 3.20. The monoisotopic (exact) mass is 490 g/mol. The molecule has 0 bridgehead atoms. The molecule has 2 aromatic heterocycles. The van der Waals surface area contributed by atoms with Crippen molar-refractivity contribution in [2.75, 3.05) is 11.9 Å². The first kappa shape index (κ1) is 21.8. The predicted molar refractivity (Wildman–Crippen MR) is 132 cm³/mol. The summed E-state index contributed by atoms with van der Waals surface area (Å²) in [6.45, 7) is 6.33. The van der Waals surface area contributed by atoms with E-state index in [0.717, 1.165) is 49.0 Å². The number of hydrogen-bond donors (Lipinski definition) is 1. The highest BCUT2D eigenvalue weighted by molar-refractivity contribution is 9.10. The summed E-state index contributed by atoms with van der Waals surface area (Å²) < 4.78 is 12.9. The summed E-state index contributed by atoms with van der Waals surface area (Å²) in [4.78, 5) is 16.7. The number of amides is 1. The van der Waals surface area contributed by atoms with Crippen molar-refractivity contribution in [2.24, 2.45) is 0 Å². The van der Waals surface area contributed by atoms with Crippen LogP contribution in [-0.4, -0.2) is 17.5 Å². The number of nitrogens with zero attached hydrogens (tertiary/aromatic N) is 1. The number of carbonyl (C=O) groups excluding carboxylic acids is 1. The van der Waals surface area contributed by atoms with E-state index in [0.29, 0.717) is 12.4 Å². The van der Waals surface area contributed by atoms with Gasteiger partial charge in [0.05, 0.1) is 12.9 Å². The molecule has 162 valence electrons. The van der Waals surface area contributed by atoms with Gasteiger partial charge in [0.2, 0.25) is 5.91 Å². The standard InChI is InChI=1S/C26H23BrN2O3/c1-4-31-25-17(3)26-21(22(15-32-26)18-8-7-9-19(27)13-18)14-20(25)16(2)12-24(30)29-23-10-5-6-11-28-23/h5-15H,4H2,1-3H3,(H,28,29,30)/b16-12+. The molecule has 4 aromatic rings. The minimum absolute atomic E-state index is 0.249. The summed E-state index contributed by atoms with van der Waals surface area (Å²) in [5.74, 6) is 0.973. The van der Waals surface area contributed by atoms with Crippen molar-refractivity contribution < 1.29 is 13.9 Å². The van der Waals surface area contributed by atoms with Crippen molar-refractivity contribution in [3.63, 3.8) is 0 Å². The molecule has 6 heteroatoms. The summed E-state index contributed by atoms with van der Waals surface area (Å²) in [6, 6.07) is 15.5. The van der Waals surface area contributed by atoms with E-state index in [9.17, 15) is 4.79 Å². The third kappa shape index (κ3) is 4.46. The second-order valence-corrected chi connectivity index (χ2v) is 8.29. The number of halogens is 1. The Labute approximate surface area is 195 Å². The lowest BCUT2D eigenvalue weighted by Gasteiger charge is -2.15. The topological polar surface area (TPSA) is 64.4 Å². The minimum atomic E-state index is -0.249. The second kappa shape index (κ2) is 9.40. The van der Waals surface area contributed by atoms with Crippen LogP contribution in [0.4, 0.5) is 5.82 Å². The van der Waals surface area contributed by atoms with Gasteiger partial charge >= 0.3 is 0 Å². The highest BCUT2D eigenvalue weighted by Gasteiger charge is 2.19. The van der Waals surface area contributed by atoms with Crippen molar-refractivity contribution in [1.29, 1.82) is 0 Å². The molecule has 2 heterocycles. The third-order valence-electron chi connectivity index (χ3n) is 5.16. The largest absolute Gasteiger partial charge is 0.493 e. The van der Waals surface area contributed by atoms with Crippen LogP contribution in [-0.2, 0) is 4.79 Å². The Morgan fingerprint density at radius 3 is 2.78 bits per heavy atom. The Morgan fingerprint density at radius 1 is 1.22 bits per heavy atom. The van der Waals surface area contributed by atoms with Gasteiger partial charge in [0.1, 0.15) is 17.2 Å². The van der Waals surface area contributed by atoms with Gasteiger partial charge < -0.3 is 14.5 Å². The van der Waals surface area contributed by atoms with Crippen LogP contribution in [0, 0.1) is 6.92 Å². The summed E-state index contributed by atoms with van der Waals surface area (Å²) in [5, 5.41) is 3.76. The number of hydrogen-bond acceptors (Lipinski definition) is 4. The number of furan rings is 1. The van der Waals surface area contributed by atoms with E-state index in [4.69, 9.17) is 9.15 Å². The molecule has 4 rings (SSSR count). The fourth-order valence-corrected chi connectivity index (χ4v) is 4.09. The Kier molecular flexibility index (Phi) is 6.42. The summed E-state index contributed by atoms with van der Waals surface area (Å²) in [7, 11) is 0. The molecule has 0 aliphatic carbocycles. The van der Waals surface area contributed by atoms with E-state index >= 15 is 0 Å². The minimum Gasteiger partial charge on any atom is -0.493 e. The Bertz CT molecular complexity index is 1310. The zero-order valence-corrected chi connectivity index (χ0v) is 19.7. The zero-order chi connectivity index (χ0) is 22.7. The van der Waals surface area contributed by atoms with Crippen LogP contribution in [0.3, 0.4) is 0 Å². The number of aromatic nitrogens is 1. The highest BCUT2D eigenvalue weighted by Crippen LogP contribution is 2.41. The number of nitrogens with one attached hydrogen (secondary N) is 1. The summed E-state index contributed by atoms with van der Waals surface area (Å²) >= 11 is 3.54. The number of rotatable bonds is 6. The number of anilines is 1. The first-order chi connectivity index (χ1) is 15.5. The van der Waals surface area contributed by atoms with Gasteiger partial charge in [-0.1, -0.05) is 34.1 Å². The SMILES string of the molecule is CCOc1c(/C(C)=C/C(=O)Nc2ccccn2)cc2c(-c3cccc(Br)c3)coc2c1C. The van der Waals surface area contributed by atoms with E-state index in [1.165, 1.54) is 0 Å². The molecule has 0 atom stereocenters. The van der Waals surface area contributed by atoms with Crippen LogP contribution in [0.5, 0.6) is 5.75 Å². The van der Waals surface area contributed by atoms with Crippen LogP contribution in [0.2, 0.25) is 0 Å². The first-order valence-electron chi connectivity index (χ1n) is 10.3. The summed E-state index contributed by atoms with van der Waals surface area (Å²) in [6.07, 6.45) is 4.97. The molecule has 2 aromatic carbocycles. The van der Waals surface area contributed by atoms with E-state index in [1.807, 2.05) is 51.1 Å². The van der Waals surface area contributed by atoms with Crippen molar-refractivity contribution in [3.8, 4) is 16.9 Å². The molecular formula is C26H23BrN2O3. The highest BCUT2D eigenvalue weighted by atomic mass is 79.9. The van der Waals surface area contributed by atoms with Crippen molar-refractivity contribution in [1.82, 2.24) is 4.98 Å². The zero-order valence-electron chi connectivity index (χ0n) is 18.1. The summed E-state index contributed by atoms with van der Waals surface area (Å²) in [5.41, 5.74) is 5.34. The van der Waals surface area contributed by atoms with E-state index in [1.54, 1.807) is 30.7 Å². The van der Waals surface area contributed by atoms with E-state index in [-0.39, 0.29) is 5.91 Å². The molecule has 0 radical (unpaired) electrons. The molecule has 0 unspecified atom stereocenters. The molecule has 0 spiro atoms. The van der Waals surface area contributed by atoms with Gasteiger partial charge in [0, 0.05) is 38.8 Å². The van der Waals surface area contributed by atoms with Crippen LogP contribution >= 0.6 is 15.9 Å². The van der Waals surface area contributed by atoms with Gasteiger partial charge in [-0.3, -0.25) is 4.79 Å². The van der Waals surface area contributed by atoms with Gasteiger partial charge in [-0.25, -0.2) is 4.98 Å². The number of pyridine rings is 1. The quantitative estimate of drug-likeness (QED) is 0.295. The molecule has 0 saturated carbocycles. The molecule has 0 aliphatic heterocycles. The smallest absolute Gasteiger partial charge is 0.249 e. The number of ether oxygens (including phenoxy) is 1. The van der Waals surface area contributed by atoms with Gasteiger partial charge in [-0.15, -0.1) is 0 Å². The molecule has 5 nitrogen and oxygen atoms in total. The third-order valence-corrected chi connectivity index (χ3v) is 5.65. The Hall–Kier alpha value is -3.38. The van der Waals surface area contributed by atoms with Crippen LogP contribution in [0.1, 0.15) is 25.0 Å². The first-order valence-corrected chi connectivity index (χ1v) is 11.1. The van der Waals surface area contributed by atoms with Gasteiger partial charge in [-0.2, -0.15) is 0 Å². The van der Waals surface area contributed by atoms with E-state index < -0.39 is 0 Å². The lowest BCUT2D eigenvalue weighted by atomic mass is 9.96. The molecule has 1 N–H and O–H groups in total. The van der Waals surface area contributed by atoms with Crippen LogP contribution in [0.25, 0.3) is 27.7 Å². The average molecular weight is 491 g/mol. The number of fused-ring (bicyclic) bond motifs is 1. The second-order valence-electron chi connectivity index (χ2n) is 7.38. The van der Waals surface area contributed by atoms with Crippen LogP contribution < -0.4 is 10.1 Å². The fraction of sp³-hybridized carbons (Fsp3) is 0.154. The molecule has 32 heavy (non-hydrogen) atoms. The van der Waals surface area contributed by atoms with Crippen molar-refractivity contribution in [2.45, 2.75) is 20.8 Å². The van der Waals surface area contributed by atoms with Crippen LogP contribution in [0.15, 0.2) is 76.0 Å². The van der Waals surface area contributed by atoms with Gasteiger partial charge in [0.15, 0.2) is 0 Å². The maximum Gasteiger partial charge on any atom is 0.249 e. The van der Waals surface area contributed by atoms with Crippen molar-refractivity contribution >= 4 is 44.2 Å². The number of carbonyl (C=O) groups is 1. The van der Waals surface area contributed by atoms with Crippen molar-refractivity contribution in [3.05, 3.63) is 82.7 Å². The Balaban J connectivity index is 1.80. The maximum absolute atomic E-state index is 12.6. The Morgan fingerprint density at radius 2 is 2.06 bits per heavy atom. The van der Waals surface area contributed by atoms with Gasteiger partial charge in [-0.05, 0) is 62.2 Å². The molecule has 0 saturated heterocycles. The lowest BCUT2D eigenvalue weighted by Crippen LogP contribution is -2.10.